The topological polar surface area (TPSA) is 58.2 Å². The normalized spacial score (nSPS) is 10.7. The average Bonchev–Trinajstić information content (AvgIpc) is 2.25. The lowest BCUT2D eigenvalue weighted by Gasteiger charge is -2.17. The van der Waals surface area contributed by atoms with Crippen LogP contribution in [-0.2, 0) is 6.54 Å². The van der Waals surface area contributed by atoms with Crippen LogP contribution in [0, 0.1) is 0 Å². The van der Waals surface area contributed by atoms with Gasteiger partial charge in [0.05, 0.1) is 12.8 Å². The summed E-state index contributed by atoms with van der Waals surface area (Å²) in [4.78, 5) is 20.1. The molecular formula is C10H17N3O2. The molecule has 5 heteroatoms. The summed E-state index contributed by atoms with van der Waals surface area (Å²) >= 11 is 0. The van der Waals surface area contributed by atoms with E-state index in [1.807, 2.05) is 0 Å². The second-order valence-corrected chi connectivity index (χ2v) is 3.21. The van der Waals surface area contributed by atoms with E-state index < -0.39 is 0 Å². The maximum Gasteiger partial charge on any atom is 0.296 e. The zero-order chi connectivity index (χ0) is 11.3. The van der Waals surface area contributed by atoms with Gasteiger partial charge in [-0.15, -0.1) is 0 Å². The molecular weight excluding hydrogens is 194 g/mol. The van der Waals surface area contributed by atoms with Crippen LogP contribution in [0.5, 0.6) is 6.01 Å². The van der Waals surface area contributed by atoms with Gasteiger partial charge in [-0.25, -0.2) is 4.98 Å². The number of methoxy groups -OCH3 is 1. The Kier molecular flexibility index (Phi) is 4.30. The summed E-state index contributed by atoms with van der Waals surface area (Å²) in [6.07, 6.45) is 0. The van der Waals surface area contributed by atoms with Crippen LogP contribution in [0.4, 0.5) is 0 Å². The smallest absolute Gasteiger partial charge is 0.296 e. The Bertz CT molecular complexity index is 358. The van der Waals surface area contributed by atoms with Crippen LogP contribution in [-0.4, -0.2) is 35.1 Å². The number of aromatic amines is 1. The summed E-state index contributed by atoms with van der Waals surface area (Å²) in [5.74, 6) is 0. The molecule has 0 spiro atoms. The first kappa shape index (κ1) is 11.7. The predicted molar refractivity (Wildman–Crippen MR) is 58.0 cm³/mol. The van der Waals surface area contributed by atoms with Gasteiger partial charge in [-0.1, -0.05) is 13.8 Å². The van der Waals surface area contributed by atoms with Crippen molar-refractivity contribution in [1.29, 1.82) is 0 Å². The lowest BCUT2D eigenvalue weighted by molar-refractivity contribution is 0.289. The highest BCUT2D eigenvalue weighted by Gasteiger charge is 2.05. The molecule has 1 aromatic heterocycles. The number of nitrogens with one attached hydrogen (secondary N) is 1. The minimum absolute atomic E-state index is 0.177. The van der Waals surface area contributed by atoms with Gasteiger partial charge in [0.1, 0.15) is 0 Å². The molecule has 0 amide bonds. The molecule has 0 saturated carbocycles. The number of hydrogen-bond acceptors (Lipinski definition) is 4. The number of H-pyrrole nitrogens is 1. The first-order chi connectivity index (χ1) is 7.19. The highest BCUT2D eigenvalue weighted by atomic mass is 16.5. The summed E-state index contributed by atoms with van der Waals surface area (Å²) in [7, 11) is 1.49. The summed E-state index contributed by atoms with van der Waals surface area (Å²) in [6.45, 7) is 6.70. The first-order valence-corrected chi connectivity index (χ1v) is 5.06. The highest BCUT2D eigenvalue weighted by molar-refractivity contribution is 5.05. The Morgan fingerprint density at radius 3 is 2.67 bits per heavy atom. The highest BCUT2D eigenvalue weighted by Crippen LogP contribution is 2.02. The van der Waals surface area contributed by atoms with E-state index in [2.05, 4.69) is 28.7 Å². The second kappa shape index (κ2) is 5.50. The van der Waals surface area contributed by atoms with Crippen molar-refractivity contribution in [3.63, 3.8) is 0 Å². The van der Waals surface area contributed by atoms with Gasteiger partial charge in [0, 0.05) is 12.6 Å². The molecule has 15 heavy (non-hydrogen) atoms. The van der Waals surface area contributed by atoms with E-state index >= 15 is 0 Å². The molecule has 0 saturated heterocycles. The maximum absolute atomic E-state index is 11.2. The molecule has 0 fully saturated rings. The largest absolute Gasteiger partial charge is 0.468 e. The molecule has 84 valence electrons. The molecule has 1 rings (SSSR count). The minimum Gasteiger partial charge on any atom is -0.468 e. The third-order valence-electron chi connectivity index (χ3n) is 2.25. The fraction of sp³-hybridized carbons (Fsp3) is 0.600. The molecule has 1 N–H and O–H groups in total. The number of aromatic nitrogens is 2. The molecule has 0 aliphatic carbocycles. The summed E-state index contributed by atoms with van der Waals surface area (Å²) in [6, 6.07) is 1.77. The fourth-order valence-electron chi connectivity index (χ4n) is 1.34. The average molecular weight is 211 g/mol. The van der Waals surface area contributed by atoms with Crippen molar-refractivity contribution in [1.82, 2.24) is 14.9 Å². The van der Waals surface area contributed by atoms with Gasteiger partial charge >= 0.3 is 0 Å². The zero-order valence-electron chi connectivity index (χ0n) is 9.41. The van der Waals surface area contributed by atoms with Gasteiger partial charge in [0.2, 0.25) is 0 Å². The quantitative estimate of drug-likeness (QED) is 0.775. The van der Waals surface area contributed by atoms with Crippen molar-refractivity contribution in [3.8, 4) is 6.01 Å². The Hall–Kier alpha value is -1.36. The maximum atomic E-state index is 11.2. The van der Waals surface area contributed by atoms with Crippen LogP contribution >= 0.6 is 0 Å². The van der Waals surface area contributed by atoms with E-state index in [0.717, 1.165) is 18.8 Å². The van der Waals surface area contributed by atoms with E-state index in [-0.39, 0.29) is 11.6 Å². The summed E-state index contributed by atoms with van der Waals surface area (Å²) < 4.78 is 4.90. The van der Waals surface area contributed by atoms with E-state index in [4.69, 9.17) is 4.74 Å². The van der Waals surface area contributed by atoms with E-state index in [9.17, 15) is 4.79 Å². The molecule has 0 aliphatic rings. The lowest BCUT2D eigenvalue weighted by Crippen LogP contribution is -2.24. The zero-order valence-corrected chi connectivity index (χ0v) is 9.41. The van der Waals surface area contributed by atoms with Crippen LogP contribution < -0.4 is 10.3 Å². The van der Waals surface area contributed by atoms with Gasteiger partial charge in [0.25, 0.3) is 11.6 Å². The molecule has 0 bridgehead atoms. The first-order valence-electron chi connectivity index (χ1n) is 5.06. The van der Waals surface area contributed by atoms with Gasteiger partial charge in [-0.2, -0.15) is 0 Å². The van der Waals surface area contributed by atoms with E-state index in [0.29, 0.717) is 6.54 Å². The molecule has 5 nitrogen and oxygen atoms in total. The van der Waals surface area contributed by atoms with E-state index in [1.54, 1.807) is 0 Å². The second-order valence-electron chi connectivity index (χ2n) is 3.21. The summed E-state index contributed by atoms with van der Waals surface area (Å²) in [5.41, 5.74) is 0.559. The van der Waals surface area contributed by atoms with Crippen LogP contribution in [0.3, 0.4) is 0 Å². The Morgan fingerprint density at radius 1 is 1.47 bits per heavy atom. The Labute approximate surface area is 89.1 Å². The third kappa shape index (κ3) is 3.36. The Morgan fingerprint density at radius 2 is 2.13 bits per heavy atom. The van der Waals surface area contributed by atoms with Crippen molar-refractivity contribution in [2.75, 3.05) is 20.2 Å². The monoisotopic (exact) mass is 211 g/mol. The van der Waals surface area contributed by atoms with Crippen molar-refractivity contribution < 1.29 is 4.74 Å². The van der Waals surface area contributed by atoms with Gasteiger partial charge < -0.3 is 4.74 Å². The van der Waals surface area contributed by atoms with Gasteiger partial charge in [-0.05, 0) is 13.1 Å². The molecule has 0 radical (unpaired) electrons. The Balaban J connectivity index is 2.84. The number of rotatable bonds is 5. The molecule has 1 aromatic rings. The number of ether oxygens (including phenoxy) is 1. The van der Waals surface area contributed by atoms with Crippen LogP contribution in [0.2, 0.25) is 0 Å². The third-order valence-corrected chi connectivity index (χ3v) is 2.25. The van der Waals surface area contributed by atoms with E-state index in [1.165, 1.54) is 13.2 Å². The van der Waals surface area contributed by atoms with Gasteiger partial charge in [0.15, 0.2) is 0 Å². The molecule has 0 unspecified atom stereocenters. The van der Waals surface area contributed by atoms with Crippen LogP contribution in [0.15, 0.2) is 10.9 Å². The van der Waals surface area contributed by atoms with Crippen LogP contribution in [0.25, 0.3) is 0 Å². The van der Waals surface area contributed by atoms with Crippen LogP contribution in [0.1, 0.15) is 19.5 Å². The minimum atomic E-state index is -0.177. The van der Waals surface area contributed by atoms with Crippen molar-refractivity contribution in [3.05, 3.63) is 22.1 Å². The van der Waals surface area contributed by atoms with Crippen molar-refractivity contribution in [2.24, 2.45) is 0 Å². The standard InChI is InChI=1S/C10H17N3O2/c1-4-13(5-2)7-8-6-9(14)12-10(11-8)15-3/h6H,4-5,7H2,1-3H3,(H,11,12,14). The molecule has 0 aliphatic heterocycles. The number of nitrogens with zero attached hydrogens (tertiary/aromatic N) is 2. The summed E-state index contributed by atoms with van der Waals surface area (Å²) in [5, 5.41) is 0. The molecule has 0 atom stereocenters. The van der Waals surface area contributed by atoms with Crippen molar-refractivity contribution >= 4 is 0 Å². The molecule has 1 heterocycles. The molecule has 0 aromatic carbocycles. The fourth-order valence-corrected chi connectivity index (χ4v) is 1.34. The van der Waals surface area contributed by atoms with Crippen molar-refractivity contribution in [2.45, 2.75) is 20.4 Å². The number of hydrogen-bond donors (Lipinski definition) is 1. The lowest BCUT2D eigenvalue weighted by atomic mass is 10.3. The SMILES string of the molecule is CCN(CC)Cc1cc(=O)[nH]c(OC)n1. The van der Waals surface area contributed by atoms with Gasteiger partial charge in [-0.3, -0.25) is 14.7 Å². The predicted octanol–water partition coefficient (Wildman–Crippen LogP) is 0.620.